The molecule has 1 saturated carbocycles. The molecule has 0 aliphatic heterocycles. The fourth-order valence-corrected chi connectivity index (χ4v) is 3.60. The third kappa shape index (κ3) is 3.18. The molecule has 16 heavy (non-hydrogen) atoms. The van der Waals surface area contributed by atoms with E-state index < -0.39 is 0 Å². The summed E-state index contributed by atoms with van der Waals surface area (Å²) in [5.74, 6) is 2.22. The van der Waals surface area contributed by atoms with Gasteiger partial charge in [-0.05, 0) is 49.4 Å². The van der Waals surface area contributed by atoms with Gasteiger partial charge in [0.15, 0.2) is 0 Å². The van der Waals surface area contributed by atoms with Gasteiger partial charge in [-0.1, -0.05) is 19.3 Å². The summed E-state index contributed by atoms with van der Waals surface area (Å²) in [6.07, 6.45) is 7.18. The van der Waals surface area contributed by atoms with Crippen LogP contribution in [-0.2, 0) is 0 Å². The quantitative estimate of drug-likeness (QED) is 0.626. The van der Waals surface area contributed by atoms with Crippen molar-refractivity contribution in [2.24, 2.45) is 5.92 Å². The molecule has 0 saturated heterocycles. The van der Waals surface area contributed by atoms with Crippen LogP contribution < -0.4 is 5.73 Å². The van der Waals surface area contributed by atoms with Gasteiger partial charge in [0.2, 0.25) is 0 Å². The molecule has 1 nitrogen and oxygen atoms in total. The zero-order valence-corrected chi connectivity index (χ0v) is 10.9. The van der Waals surface area contributed by atoms with Crippen LogP contribution in [0.15, 0.2) is 23.1 Å². The molecular weight excluding hydrogens is 214 g/mol. The molecule has 2 heteroatoms. The highest BCUT2D eigenvalue weighted by molar-refractivity contribution is 7.99. The molecule has 1 aromatic carbocycles. The summed E-state index contributed by atoms with van der Waals surface area (Å²) in [7, 11) is 0. The number of benzene rings is 1. The molecule has 0 aromatic heterocycles. The lowest BCUT2D eigenvalue weighted by molar-refractivity contribution is 0.391. The molecule has 0 amide bonds. The Balaban J connectivity index is 1.88. The summed E-state index contributed by atoms with van der Waals surface area (Å²) < 4.78 is 0. The SMILES string of the molecule is Cc1cc(N)ccc1SCC1CCCCC1. The first-order chi connectivity index (χ1) is 7.75. The minimum Gasteiger partial charge on any atom is -0.399 e. The number of anilines is 1. The van der Waals surface area contributed by atoms with Crippen LogP contribution >= 0.6 is 11.8 Å². The Hall–Kier alpha value is -0.630. The predicted octanol–water partition coefficient (Wildman–Crippen LogP) is 4.25. The van der Waals surface area contributed by atoms with Crippen molar-refractivity contribution < 1.29 is 0 Å². The van der Waals surface area contributed by atoms with Crippen molar-refractivity contribution in [3.63, 3.8) is 0 Å². The molecule has 0 heterocycles. The van der Waals surface area contributed by atoms with Crippen molar-refractivity contribution in [2.45, 2.75) is 43.9 Å². The Kier molecular flexibility index (Phi) is 4.16. The highest BCUT2D eigenvalue weighted by Crippen LogP contribution is 2.31. The standard InChI is InChI=1S/C14H21NS/c1-11-9-13(15)7-8-14(11)16-10-12-5-3-2-4-6-12/h7-9,12H,2-6,10,15H2,1H3. The lowest BCUT2D eigenvalue weighted by atomic mass is 9.91. The molecule has 0 radical (unpaired) electrons. The largest absolute Gasteiger partial charge is 0.399 e. The maximum absolute atomic E-state index is 5.76. The third-order valence-electron chi connectivity index (χ3n) is 3.40. The molecule has 1 fully saturated rings. The summed E-state index contributed by atoms with van der Waals surface area (Å²) in [5.41, 5.74) is 7.95. The molecular formula is C14H21NS. The second kappa shape index (κ2) is 5.62. The van der Waals surface area contributed by atoms with E-state index in [1.54, 1.807) is 0 Å². The summed E-state index contributed by atoms with van der Waals surface area (Å²) in [6.45, 7) is 2.15. The van der Waals surface area contributed by atoms with Gasteiger partial charge >= 0.3 is 0 Å². The van der Waals surface area contributed by atoms with Gasteiger partial charge in [0.25, 0.3) is 0 Å². The van der Waals surface area contributed by atoms with E-state index in [4.69, 9.17) is 5.73 Å². The van der Waals surface area contributed by atoms with Crippen molar-refractivity contribution in [1.82, 2.24) is 0 Å². The van der Waals surface area contributed by atoms with Gasteiger partial charge in [0, 0.05) is 16.3 Å². The van der Waals surface area contributed by atoms with E-state index in [-0.39, 0.29) is 0 Å². The average molecular weight is 235 g/mol. The van der Waals surface area contributed by atoms with Gasteiger partial charge in [-0.15, -0.1) is 11.8 Å². The van der Waals surface area contributed by atoms with Gasteiger partial charge in [-0.3, -0.25) is 0 Å². The summed E-state index contributed by atoms with van der Waals surface area (Å²) in [4.78, 5) is 1.40. The van der Waals surface area contributed by atoms with Crippen LogP contribution in [0.4, 0.5) is 5.69 Å². The molecule has 1 aromatic rings. The number of rotatable bonds is 3. The smallest absolute Gasteiger partial charge is 0.0317 e. The third-order valence-corrected chi connectivity index (χ3v) is 4.81. The topological polar surface area (TPSA) is 26.0 Å². The molecule has 0 unspecified atom stereocenters. The van der Waals surface area contributed by atoms with Crippen LogP contribution in [-0.4, -0.2) is 5.75 Å². The second-order valence-electron chi connectivity index (χ2n) is 4.84. The zero-order chi connectivity index (χ0) is 11.4. The van der Waals surface area contributed by atoms with E-state index in [2.05, 4.69) is 19.1 Å². The van der Waals surface area contributed by atoms with Crippen molar-refractivity contribution >= 4 is 17.4 Å². The Morgan fingerprint density at radius 3 is 2.69 bits per heavy atom. The molecule has 2 N–H and O–H groups in total. The van der Waals surface area contributed by atoms with Gasteiger partial charge in [0.05, 0.1) is 0 Å². The fraction of sp³-hybridized carbons (Fsp3) is 0.571. The van der Waals surface area contributed by atoms with Gasteiger partial charge < -0.3 is 5.73 Å². The van der Waals surface area contributed by atoms with E-state index in [1.165, 1.54) is 48.3 Å². The minimum absolute atomic E-state index is 0.875. The van der Waals surface area contributed by atoms with Crippen LogP contribution in [0.2, 0.25) is 0 Å². The van der Waals surface area contributed by atoms with Crippen LogP contribution in [0.25, 0.3) is 0 Å². The number of nitrogens with two attached hydrogens (primary N) is 1. The lowest BCUT2D eigenvalue weighted by Crippen LogP contribution is -2.08. The Bertz CT molecular complexity index is 343. The van der Waals surface area contributed by atoms with Crippen LogP contribution in [0.3, 0.4) is 0 Å². The number of aryl methyl sites for hydroxylation is 1. The lowest BCUT2D eigenvalue weighted by Gasteiger charge is -2.21. The Morgan fingerprint density at radius 1 is 1.25 bits per heavy atom. The van der Waals surface area contributed by atoms with Crippen molar-refractivity contribution in [2.75, 3.05) is 11.5 Å². The molecule has 1 aliphatic rings. The van der Waals surface area contributed by atoms with Gasteiger partial charge in [-0.25, -0.2) is 0 Å². The Morgan fingerprint density at radius 2 is 2.00 bits per heavy atom. The first-order valence-electron chi connectivity index (χ1n) is 6.24. The number of thioether (sulfide) groups is 1. The molecule has 0 bridgehead atoms. The first-order valence-corrected chi connectivity index (χ1v) is 7.23. The predicted molar refractivity (Wildman–Crippen MR) is 72.9 cm³/mol. The molecule has 88 valence electrons. The van der Waals surface area contributed by atoms with Crippen molar-refractivity contribution in [3.05, 3.63) is 23.8 Å². The molecule has 0 atom stereocenters. The highest BCUT2D eigenvalue weighted by atomic mass is 32.2. The van der Waals surface area contributed by atoms with Crippen LogP contribution in [0.1, 0.15) is 37.7 Å². The highest BCUT2D eigenvalue weighted by Gasteiger charge is 2.13. The number of hydrogen-bond acceptors (Lipinski definition) is 2. The van der Waals surface area contributed by atoms with Crippen LogP contribution in [0.5, 0.6) is 0 Å². The number of nitrogen functional groups attached to an aromatic ring is 1. The summed E-state index contributed by atoms with van der Waals surface area (Å²) in [5, 5.41) is 0. The minimum atomic E-state index is 0.875. The fourth-order valence-electron chi connectivity index (χ4n) is 2.40. The normalized spacial score (nSPS) is 17.6. The molecule has 0 spiro atoms. The zero-order valence-electron chi connectivity index (χ0n) is 10.0. The van der Waals surface area contributed by atoms with E-state index in [0.29, 0.717) is 0 Å². The molecule has 1 aliphatic carbocycles. The van der Waals surface area contributed by atoms with Crippen LogP contribution in [0, 0.1) is 12.8 Å². The maximum atomic E-state index is 5.76. The monoisotopic (exact) mass is 235 g/mol. The molecule has 2 rings (SSSR count). The summed E-state index contributed by atoms with van der Waals surface area (Å²) in [6, 6.07) is 6.25. The van der Waals surface area contributed by atoms with E-state index in [0.717, 1.165) is 11.6 Å². The summed E-state index contributed by atoms with van der Waals surface area (Å²) >= 11 is 2.01. The van der Waals surface area contributed by atoms with E-state index >= 15 is 0 Å². The van der Waals surface area contributed by atoms with Gasteiger partial charge in [0.1, 0.15) is 0 Å². The maximum Gasteiger partial charge on any atom is 0.0317 e. The number of hydrogen-bond donors (Lipinski definition) is 1. The van der Waals surface area contributed by atoms with E-state index in [9.17, 15) is 0 Å². The second-order valence-corrected chi connectivity index (χ2v) is 5.90. The van der Waals surface area contributed by atoms with Crippen molar-refractivity contribution in [1.29, 1.82) is 0 Å². The van der Waals surface area contributed by atoms with Gasteiger partial charge in [-0.2, -0.15) is 0 Å². The van der Waals surface area contributed by atoms with Crippen molar-refractivity contribution in [3.8, 4) is 0 Å². The first kappa shape index (κ1) is 11.8. The van der Waals surface area contributed by atoms with E-state index in [1.807, 2.05) is 17.8 Å². The Labute approximate surface area is 103 Å². The average Bonchev–Trinajstić information content (AvgIpc) is 2.29.